The molecule has 0 heterocycles. The van der Waals surface area contributed by atoms with Crippen LogP contribution in [0.25, 0.3) is 0 Å². The van der Waals surface area contributed by atoms with E-state index < -0.39 is 0 Å². The van der Waals surface area contributed by atoms with Crippen molar-refractivity contribution in [2.75, 3.05) is 40.9 Å². The monoisotopic (exact) mass is 384 g/mol. The second-order valence-corrected chi connectivity index (χ2v) is 9.64. The van der Waals surface area contributed by atoms with Gasteiger partial charge in [-0.2, -0.15) is 0 Å². The lowest BCUT2D eigenvalue weighted by Crippen LogP contribution is -2.37. The molecule has 0 aliphatic heterocycles. The van der Waals surface area contributed by atoms with Crippen LogP contribution in [0.4, 0.5) is 0 Å². The number of ether oxygens (including phenoxy) is 1. The maximum atomic E-state index is 5.72. The second-order valence-electron chi connectivity index (χ2n) is 9.64. The quantitative estimate of drug-likeness (QED) is 0.137. The molecule has 0 amide bonds. The summed E-state index contributed by atoms with van der Waals surface area (Å²) >= 11 is 0. The fraction of sp³-hybridized carbons (Fsp3) is 1.00. The van der Waals surface area contributed by atoms with E-state index in [-0.39, 0.29) is 0 Å². The summed E-state index contributed by atoms with van der Waals surface area (Å²) in [6.07, 6.45) is 25.8. The Labute approximate surface area is 173 Å². The second kappa shape index (κ2) is 20.6. The number of rotatable bonds is 22. The number of hydrogen-bond acceptors (Lipinski definition) is 1. The van der Waals surface area contributed by atoms with Gasteiger partial charge < -0.3 is 9.22 Å². The summed E-state index contributed by atoms with van der Waals surface area (Å²) in [4.78, 5) is 0. The molecule has 0 saturated carbocycles. The number of quaternary nitrogens is 1. The third-order valence-electron chi connectivity index (χ3n) is 5.55. The molecule has 0 aliphatic rings. The van der Waals surface area contributed by atoms with Crippen LogP contribution in [0.15, 0.2) is 0 Å². The molecule has 27 heavy (non-hydrogen) atoms. The summed E-state index contributed by atoms with van der Waals surface area (Å²) in [6, 6.07) is 0. The Bertz CT molecular complexity index is 272. The smallest absolute Gasteiger partial charge is 0.102 e. The first-order valence-electron chi connectivity index (χ1n) is 12.4. The van der Waals surface area contributed by atoms with E-state index in [2.05, 4.69) is 28.1 Å². The van der Waals surface area contributed by atoms with Crippen LogP contribution < -0.4 is 0 Å². The van der Waals surface area contributed by atoms with E-state index in [0.717, 1.165) is 24.2 Å². The predicted molar refractivity (Wildman–Crippen MR) is 122 cm³/mol. The molecule has 0 rings (SSSR count). The zero-order chi connectivity index (χ0) is 20.1. The lowest BCUT2D eigenvalue weighted by molar-refractivity contribution is -0.870. The molecule has 0 saturated heterocycles. The van der Waals surface area contributed by atoms with Crippen LogP contribution in [-0.2, 0) is 4.74 Å². The van der Waals surface area contributed by atoms with Gasteiger partial charge in [-0.05, 0) is 6.42 Å². The molecule has 2 nitrogen and oxygen atoms in total. The van der Waals surface area contributed by atoms with Gasteiger partial charge in [0.05, 0.1) is 27.7 Å². The molecule has 0 radical (unpaired) electrons. The van der Waals surface area contributed by atoms with E-state index in [0.29, 0.717) is 0 Å². The summed E-state index contributed by atoms with van der Waals surface area (Å²) in [6.45, 7) is 5.27. The van der Waals surface area contributed by atoms with Gasteiger partial charge in [0, 0.05) is 6.61 Å². The van der Waals surface area contributed by atoms with Gasteiger partial charge in [-0.15, -0.1) is 0 Å². The van der Waals surface area contributed by atoms with Crippen LogP contribution in [-0.4, -0.2) is 45.4 Å². The van der Waals surface area contributed by atoms with Gasteiger partial charge in [-0.25, -0.2) is 0 Å². The number of hydrogen-bond donors (Lipinski definition) is 0. The van der Waals surface area contributed by atoms with Crippen molar-refractivity contribution in [1.82, 2.24) is 0 Å². The minimum atomic E-state index is 0.905. The highest BCUT2D eigenvalue weighted by atomic mass is 16.5. The van der Waals surface area contributed by atoms with E-state index in [1.165, 1.54) is 116 Å². The molecule has 0 N–H and O–H groups in total. The third-order valence-corrected chi connectivity index (χ3v) is 5.55. The van der Waals surface area contributed by atoms with Gasteiger partial charge in [0.2, 0.25) is 0 Å². The summed E-state index contributed by atoms with van der Waals surface area (Å²) in [5, 5.41) is 0. The van der Waals surface area contributed by atoms with Crippen LogP contribution in [0.2, 0.25) is 0 Å². The van der Waals surface area contributed by atoms with Gasteiger partial charge in [0.25, 0.3) is 0 Å². The van der Waals surface area contributed by atoms with Crippen molar-refractivity contribution in [2.24, 2.45) is 0 Å². The van der Waals surface area contributed by atoms with Gasteiger partial charge in [-0.3, -0.25) is 0 Å². The van der Waals surface area contributed by atoms with Crippen molar-refractivity contribution in [3.05, 3.63) is 0 Å². The molecular formula is C25H54NO+. The van der Waals surface area contributed by atoms with Crippen LogP contribution in [0.1, 0.15) is 122 Å². The fourth-order valence-corrected chi connectivity index (χ4v) is 3.55. The molecule has 0 aromatic heterocycles. The van der Waals surface area contributed by atoms with E-state index >= 15 is 0 Å². The van der Waals surface area contributed by atoms with Crippen molar-refractivity contribution in [3.8, 4) is 0 Å². The molecule has 0 bridgehead atoms. The average molecular weight is 385 g/mol. The van der Waals surface area contributed by atoms with E-state index in [1.807, 2.05) is 0 Å². The Morgan fingerprint density at radius 2 is 0.778 bits per heavy atom. The van der Waals surface area contributed by atoms with Gasteiger partial charge in [0.15, 0.2) is 0 Å². The molecule has 0 aromatic rings. The lowest BCUT2D eigenvalue weighted by Gasteiger charge is -2.23. The first kappa shape index (κ1) is 26.9. The molecule has 0 unspecified atom stereocenters. The standard InChI is InChI=1S/C25H54NO/c1-5-6-7-8-9-10-11-12-13-14-15-16-17-18-19-20-21-22-24-27-25-23-26(2,3)4/h5-25H2,1-4H3/q+1. The first-order chi connectivity index (χ1) is 13.1. The molecule has 164 valence electrons. The molecule has 0 spiro atoms. The highest BCUT2D eigenvalue weighted by Crippen LogP contribution is 2.14. The minimum absolute atomic E-state index is 0.905. The fourth-order valence-electron chi connectivity index (χ4n) is 3.55. The molecule has 2 heteroatoms. The van der Waals surface area contributed by atoms with Crippen molar-refractivity contribution in [1.29, 1.82) is 0 Å². The van der Waals surface area contributed by atoms with E-state index in [9.17, 15) is 0 Å². The Morgan fingerprint density at radius 1 is 0.444 bits per heavy atom. The average Bonchev–Trinajstić information content (AvgIpc) is 2.62. The Balaban J connectivity index is 3.01. The lowest BCUT2D eigenvalue weighted by atomic mass is 10.0. The summed E-state index contributed by atoms with van der Waals surface area (Å²) < 4.78 is 6.72. The maximum absolute atomic E-state index is 5.72. The van der Waals surface area contributed by atoms with Crippen LogP contribution in [0.3, 0.4) is 0 Å². The molecule has 0 aliphatic carbocycles. The Kier molecular flexibility index (Phi) is 20.6. The Hall–Kier alpha value is -0.0800. The van der Waals surface area contributed by atoms with Gasteiger partial charge >= 0.3 is 0 Å². The molecule has 0 fully saturated rings. The Morgan fingerprint density at radius 3 is 1.11 bits per heavy atom. The summed E-state index contributed by atoms with van der Waals surface area (Å²) in [5.74, 6) is 0. The number of nitrogens with zero attached hydrogens (tertiary/aromatic N) is 1. The topological polar surface area (TPSA) is 9.23 Å². The highest BCUT2D eigenvalue weighted by Gasteiger charge is 2.05. The van der Waals surface area contributed by atoms with Crippen LogP contribution >= 0.6 is 0 Å². The zero-order valence-electron chi connectivity index (χ0n) is 19.7. The number of likely N-dealkylation sites (N-methyl/N-ethyl adjacent to an activating group) is 1. The van der Waals surface area contributed by atoms with Crippen molar-refractivity contribution in [3.63, 3.8) is 0 Å². The van der Waals surface area contributed by atoms with Crippen LogP contribution in [0, 0.1) is 0 Å². The van der Waals surface area contributed by atoms with Crippen molar-refractivity contribution >= 4 is 0 Å². The predicted octanol–water partition coefficient (Wildman–Crippen LogP) is 7.75. The normalized spacial score (nSPS) is 12.0. The number of unbranched alkanes of at least 4 members (excludes halogenated alkanes) is 17. The molecular weight excluding hydrogens is 330 g/mol. The molecule has 0 atom stereocenters. The highest BCUT2D eigenvalue weighted by molar-refractivity contribution is 4.50. The third kappa shape index (κ3) is 25.9. The van der Waals surface area contributed by atoms with E-state index in [4.69, 9.17) is 4.74 Å². The van der Waals surface area contributed by atoms with Crippen molar-refractivity contribution < 1.29 is 9.22 Å². The van der Waals surface area contributed by atoms with E-state index in [1.54, 1.807) is 0 Å². The minimum Gasteiger partial charge on any atom is -0.376 e. The maximum Gasteiger partial charge on any atom is 0.102 e. The SMILES string of the molecule is CCCCCCCCCCCCCCCCCCCCOCC[N+](C)(C)C. The zero-order valence-corrected chi connectivity index (χ0v) is 19.7. The first-order valence-corrected chi connectivity index (χ1v) is 12.4. The van der Waals surface area contributed by atoms with Gasteiger partial charge in [-0.1, -0.05) is 116 Å². The largest absolute Gasteiger partial charge is 0.376 e. The van der Waals surface area contributed by atoms with Crippen LogP contribution in [0.5, 0.6) is 0 Å². The summed E-state index contributed by atoms with van der Waals surface area (Å²) in [7, 11) is 6.67. The summed E-state index contributed by atoms with van der Waals surface area (Å²) in [5.41, 5.74) is 0. The van der Waals surface area contributed by atoms with Crippen molar-refractivity contribution in [2.45, 2.75) is 122 Å². The van der Waals surface area contributed by atoms with Gasteiger partial charge in [0.1, 0.15) is 6.54 Å². The molecule has 0 aromatic carbocycles.